The Labute approximate surface area is 124 Å². The molecular weight excluding hydrogens is 272 g/mol. The van der Waals surface area contributed by atoms with E-state index in [1.165, 1.54) is 0 Å². The maximum Gasteiger partial charge on any atom is 0.161 e. The molecule has 2 saturated heterocycles. The molecule has 2 aliphatic heterocycles. The molecule has 0 amide bonds. The molecule has 2 aliphatic rings. The summed E-state index contributed by atoms with van der Waals surface area (Å²) in [5.41, 5.74) is 0.394. The van der Waals surface area contributed by atoms with Crippen molar-refractivity contribution < 1.29 is 23.7 Å². The Balaban J connectivity index is 1.72. The molecule has 5 heteroatoms. The quantitative estimate of drug-likeness (QED) is 0.797. The minimum absolute atomic E-state index is 0.0800. The molecule has 1 aromatic rings. The SMILES string of the molecule is COc1cc(C=O)ccc1OC1CCOC2(CCOC2)C1. The molecule has 2 heterocycles. The van der Waals surface area contributed by atoms with Crippen LogP contribution < -0.4 is 9.47 Å². The van der Waals surface area contributed by atoms with Crippen molar-refractivity contribution in [3.05, 3.63) is 23.8 Å². The van der Waals surface area contributed by atoms with Crippen LogP contribution in [0.25, 0.3) is 0 Å². The molecule has 114 valence electrons. The van der Waals surface area contributed by atoms with E-state index in [1.807, 2.05) is 0 Å². The molecule has 0 aliphatic carbocycles. The normalized spacial score (nSPS) is 28.5. The van der Waals surface area contributed by atoms with E-state index in [0.29, 0.717) is 30.3 Å². The Morgan fingerprint density at radius 1 is 1.33 bits per heavy atom. The van der Waals surface area contributed by atoms with Gasteiger partial charge in [0.05, 0.1) is 25.9 Å². The summed E-state index contributed by atoms with van der Waals surface area (Å²) in [6.07, 6.45) is 3.47. The predicted octanol–water partition coefficient (Wildman–Crippen LogP) is 2.22. The zero-order chi connectivity index (χ0) is 14.7. The van der Waals surface area contributed by atoms with Crippen LogP contribution >= 0.6 is 0 Å². The van der Waals surface area contributed by atoms with Gasteiger partial charge in [0.25, 0.3) is 0 Å². The van der Waals surface area contributed by atoms with Gasteiger partial charge in [0.1, 0.15) is 12.4 Å². The Hall–Kier alpha value is -1.59. The van der Waals surface area contributed by atoms with Crippen LogP contribution in [0, 0.1) is 0 Å². The fourth-order valence-electron chi connectivity index (χ4n) is 2.98. The van der Waals surface area contributed by atoms with Crippen LogP contribution in [0.2, 0.25) is 0 Å². The minimum atomic E-state index is -0.182. The van der Waals surface area contributed by atoms with Crippen molar-refractivity contribution in [3.63, 3.8) is 0 Å². The topological polar surface area (TPSA) is 54.0 Å². The fourth-order valence-corrected chi connectivity index (χ4v) is 2.98. The summed E-state index contributed by atoms with van der Waals surface area (Å²) in [5, 5.41) is 0. The molecule has 5 nitrogen and oxygen atoms in total. The van der Waals surface area contributed by atoms with Crippen molar-refractivity contribution in [1.82, 2.24) is 0 Å². The van der Waals surface area contributed by atoms with E-state index in [2.05, 4.69) is 0 Å². The second-order valence-electron chi connectivity index (χ2n) is 5.59. The monoisotopic (exact) mass is 292 g/mol. The van der Waals surface area contributed by atoms with Gasteiger partial charge in [-0.1, -0.05) is 0 Å². The maximum absolute atomic E-state index is 10.8. The molecule has 0 bridgehead atoms. The summed E-state index contributed by atoms with van der Waals surface area (Å²) in [7, 11) is 1.58. The highest BCUT2D eigenvalue weighted by molar-refractivity contribution is 5.76. The number of aldehydes is 1. The summed E-state index contributed by atoms with van der Waals surface area (Å²) >= 11 is 0. The second-order valence-corrected chi connectivity index (χ2v) is 5.59. The van der Waals surface area contributed by atoms with Gasteiger partial charge in [-0.2, -0.15) is 0 Å². The largest absolute Gasteiger partial charge is 0.493 e. The summed E-state index contributed by atoms with van der Waals surface area (Å²) in [4.78, 5) is 10.8. The van der Waals surface area contributed by atoms with Gasteiger partial charge in [-0.25, -0.2) is 0 Å². The summed E-state index contributed by atoms with van der Waals surface area (Å²) in [6.45, 7) is 2.08. The molecule has 0 radical (unpaired) electrons. The minimum Gasteiger partial charge on any atom is -0.493 e. The highest BCUT2D eigenvalue weighted by atomic mass is 16.6. The molecule has 2 atom stereocenters. The smallest absolute Gasteiger partial charge is 0.161 e. The molecule has 3 rings (SSSR count). The third-order valence-electron chi connectivity index (χ3n) is 4.13. The van der Waals surface area contributed by atoms with Crippen molar-refractivity contribution in [2.24, 2.45) is 0 Å². The highest BCUT2D eigenvalue weighted by Gasteiger charge is 2.42. The average molecular weight is 292 g/mol. The highest BCUT2D eigenvalue weighted by Crippen LogP contribution is 2.36. The van der Waals surface area contributed by atoms with Gasteiger partial charge < -0.3 is 18.9 Å². The lowest BCUT2D eigenvalue weighted by molar-refractivity contribution is -0.112. The molecule has 21 heavy (non-hydrogen) atoms. The van der Waals surface area contributed by atoms with Crippen molar-refractivity contribution >= 4 is 6.29 Å². The van der Waals surface area contributed by atoms with E-state index in [9.17, 15) is 4.79 Å². The van der Waals surface area contributed by atoms with Gasteiger partial charge in [0.15, 0.2) is 11.5 Å². The second kappa shape index (κ2) is 6.03. The molecular formula is C16H20O5. The van der Waals surface area contributed by atoms with Crippen LogP contribution in [0.4, 0.5) is 0 Å². The predicted molar refractivity (Wildman–Crippen MR) is 76.2 cm³/mol. The van der Waals surface area contributed by atoms with Gasteiger partial charge in [-0.3, -0.25) is 4.79 Å². The first-order chi connectivity index (χ1) is 10.2. The lowest BCUT2D eigenvalue weighted by atomic mass is 9.91. The van der Waals surface area contributed by atoms with Gasteiger partial charge in [-0.05, 0) is 18.2 Å². The van der Waals surface area contributed by atoms with Crippen LogP contribution in [-0.2, 0) is 9.47 Å². The number of hydrogen-bond acceptors (Lipinski definition) is 5. The first kappa shape index (κ1) is 14.4. The third kappa shape index (κ3) is 3.04. The Bertz CT molecular complexity index is 507. The Morgan fingerprint density at radius 3 is 2.95 bits per heavy atom. The molecule has 0 N–H and O–H groups in total. The van der Waals surface area contributed by atoms with Gasteiger partial charge in [0, 0.05) is 31.4 Å². The van der Waals surface area contributed by atoms with Crippen molar-refractivity contribution in [2.75, 3.05) is 26.9 Å². The zero-order valence-corrected chi connectivity index (χ0v) is 12.2. The summed E-state index contributed by atoms with van der Waals surface area (Å²) < 4.78 is 22.8. The fraction of sp³-hybridized carbons (Fsp3) is 0.562. The molecule has 0 aromatic heterocycles. The lowest BCUT2D eigenvalue weighted by Gasteiger charge is -2.37. The zero-order valence-electron chi connectivity index (χ0n) is 12.2. The first-order valence-corrected chi connectivity index (χ1v) is 7.26. The number of hydrogen-bond donors (Lipinski definition) is 0. The van der Waals surface area contributed by atoms with Gasteiger partial charge >= 0.3 is 0 Å². The first-order valence-electron chi connectivity index (χ1n) is 7.26. The molecule has 1 spiro atoms. The van der Waals surface area contributed by atoms with Crippen molar-refractivity contribution in [3.8, 4) is 11.5 Å². The summed E-state index contributed by atoms with van der Waals surface area (Å²) in [5.74, 6) is 1.26. The standard InChI is InChI=1S/C16H20O5/c1-18-15-8-12(10-17)2-3-14(15)21-13-4-6-20-16(9-13)5-7-19-11-16/h2-3,8,10,13H,4-7,9,11H2,1H3. The van der Waals surface area contributed by atoms with Crippen LogP contribution in [0.3, 0.4) is 0 Å². The molecule has 2 unspecified atom stereocenters. The van der Waals surface area contributed by atoms with E-state index in [0.717, 1.165) is 32.2 Å². The Morgan fingerprint density at radius 2 is 2.24 bits per heavy atom. The van der Waals surface area contributed by atoms with Crippen LogP contribution in [0.5, 0.6) is 11.5 Å². The lowest BCUT2D eigenvalue weighted by Crippen LogP contribution is -2.44. The number of methoxy groups -OCH3 is 1. The van der Waals surface area contributed by atoms with E-state index in [4.69, 9.17) is 18.9 Å². The third-order valence-corrected chi connectivity index (χ3v) is 4.13. The summed E-state index contributed by atoms with van der Waals surface area (Å²) in [6, 6.07) is 5.21. The van der Waals surface area contributed by atoms with Gasteiger partial charge in [0.2, 0.25) is 0 Å². The van der Waals surface area contributed by atoms with Crippen molar-refractivity contribution in [1.29, 1.82) is 0 Å². The van der Waals surface area contributed by atoms with E-state index in [1.54, 1.807) is 25.3 Å². The van der Waals surface area contributed by atoms with E-state index < -0.39 is 0 Å². The van der Waals surface area contributed by atoms with Crippen molar-refractivity contribution in [2.45, 2.75) is 31.0 Å². The van der Waals surface area contributed by atoms with Crippen LogP contribution in [0.15, 0.2) is 18.2 Å². The number of carbonyl (C=O) groups excluding carboxylic acids is 1. The number of benzene rings is 1. The number of carbonyl (C=O) groups is 1. The number of ether oxygens (including phenoxy) is 4. The molecule has 0 saturated carbocycles. The van der Waals surface area contributed by atoms with E-state index in [-0.39, 0.29) is 11.7 Å². The molecule has 2 fully saturated rings. The van der Waals surface area contributed by atoms with E-state index >= 15 is 0 Å². The maximum atomic E-state index is 10.8. The van der Waals surface area contributed by atoms with Crippen LogP contribution in [-0.4, -0.2) is 44.9 Å². The van der Waals surface area contributed by atoms with Crippen LogP contribution in [0.1, 0.15) is 29.6 Å². The Kier molecular flexibility index (Phi) is 4.12. The molecule has 1 aromatic carbocycles. The average Bonchev–Trinajstić information content (AvgIpc) is 2.95. The van der Waals surface area contributed by atoms with Gasteiger partial charge in [-0.15, -0.1) is 0 Å². The number of rotatable bonds is 4.